The summed E-state index contributed by atoms with van der Waals surface area (Å²) in [6, 6.07) is 16.6. The summed E-state index contributed by atoms with van der Waals surface area (Å²) in [5, 5.41) is 0. The summed E-state index contributed by atoms with van der Waals surface area (Å²) in [5.74, 6) is 1.73. The fraction of sp³-hybridized carbons (Fsp3) is 0.269. The first kappa shape index (κ1) is 22.6. The fourth-order valence-electron chi connectivity index (χ4n) is 4.47. The van der Waals surface area contributed by atoms with Crippen LogP contribution in [0.25, 0.3) is 0 Å². The molecule has 0 radical (unpaired) electrons. The molecule has 5 rings (SSSR count). The van der Waals surface area contributed by atoms with Crippen LogP contribution in [0.1, 0.15) is 23.6 Å². The fourth-order valence-corrected chi connectivity index (χ4v) is 6.08. The van der Waals surface area contributed by atoms with Crippen LogP contribution in [-0.2, 0) is 10.0 Å². The number of nitrogens with zero attached hydrogens (tertiary/aromatic N) is 3. The van der Waals surface area contributed by atoms with Crippen molar-refractivity contribution in [2.75, 3.05) is 19.6 Å². The molecule has 2 aliphatic rings. The highest BCUT2D eigenvalue weighted by Crippen LogP contribution is 2.39. The average molecular weight is 480 g/mol. The predicted molar refractivity (Wildman–Crippen MR) is 130 cm³/mol. The van der Waals surface area contributed by atoms with Crippen LogP contribution in [-0.4, -0.2) is 49.1 Å². The van der Waals surface area contributed by atoms with Crippen molar-refractivity contribution in [3.05, 3.63) is 83.2 Å². The quantitative estimate of drug-likeness (QED) is 0.518. The van der Waals surface area contributed by atoms with Crippen molar-refractivity contribution in [1.82, 2.24) is 9.21 Å². The molecule has 3 aromatic carbocycles. The van der Waals surface area contributed by atoms with Gasteiger partial charge in [0.15, 0.2) is 5.75 Å². The summed E-state index contributed by atoms with van der Waals surface area (Å²) < 4.78 is 47.5. The summed E-state index contributed by atoms with van der Waals surface area (Å²) in [5.41, 5.74) is 3.79. The van der Waals surface area contributed by atoms with Crippen LogP contribution in [0.5, 0.6) is 11.5 Å². The van der Waals surface area contributed by atoms with Gasteiger partial charge in [-0.15, -0.1) is 0 Å². The molecule has 0 bridgehead atoms. The Morgan fingerprint density at radius 1 is 0.941 bits per heavy atom. The molecule has 0 aliphatic carbocycles. The Hall–Kier alpha value is -3.23. The van der Waals surface area contributed by atoms with Crippen molar-refractivity contribution in [3.8, 4) is 11.5 Å². The number of fused-ring (bicyclic) bond motifs is 2. The third kappa shape index (κ3) is 4.08. The zero-order valence-electron chi connectivity index (χ0n) is 19.3. The van der Waals surface area contributed by atoms with E-state index in [1.54, 1.807) is 0 Å². The first-order chi connectivity index (χ1) is 16.2. The summed E-state index contributed by atoms with van der Waals surface area (Å²) in [6.07, 6.45) is 0. The second kappa shape index (κ2) is 8.52. The Kier molecular flexibility index (Phi) is 5.65. The molecule has 0 aromatic heterocycles. The van der Waals surface area contributed by atoms with Crippen molar-refractivity contribution in [1.29, 1.82) is 0 Å². The molecule has 1 atom stereocenters. The van der Waals surface area contributed by atoms with E-state index < -0.39 is 15.8 Å². The number of hydrogen-bond acceptors (Lipinski definition) is 5. The number of piperazine rings is 1. The molecule has 2 heterocycles. The highest BCUT2D eigenvalue weighted by molar-refractivity contribution is 7.89. The smallest absolute Gasteiger partial charge is 0.243 e. The van der Waals surface area contributed by atoms with Crippen molar-refractivity contribution in [2.24, 2.45) is 4.99 Å². The van der Waals surface area contributed by atoms with Crippen LogP contribution in [0.15, 0.2) is 70.6 Å². The SMILES string of the molecule is Cc1ccc2c(c1)Oc1ccc(C)cc1C(N1CCN(S(=O)(=O)c3ccc(F)cc3)C(C)C1)=N2. The second-order valence-corrected chi connectivity index (χ2v) is 10.8. The zero-order chi connectivity index (χ0) is 24.0. The van der Waals surface area contributed by atoms with E-state index in [1.807, 2.05) is 51.1 Å². The van der Waals surface area contributed by atoms with Crippen molar-refractivity contribution in [3.63, 3.8) is 0 Å². The third-order valence-corrected chi connectivity index (χ3v) is 8.25. The first-order valence-corrected chi connectivity index (χ1v) is 12.7. The molecular formula is C26H26FN3O3S. The normalized spacial score (nSPS) is 18.4. The van der Waals surface area contributed by atoms with Gasteiger partial charge in [0.05, 0.1) is 10.5 Å². The molecule has 0 saturated carbocycles. The number of aryl methyl sites for hydroxylation is 2. The summed E-state index contributed by atoms with van der Waals surface area (Å²) in [6.45, 7) is 7.15. The van der Waals surface area contributed by atoms with Gasteiger partial charge < -0.3 is 9.64 Å². The number of halogens is 1. The van der Waals surface area contributed by atoms with E-state index in [0.29, 0.717) is 25.4 Å². The monoisotopic (exact) mass is 479 g/mol. The van der Waals surface area contributed by atoms with Gasteiger partial charge in [0.25, 0.3) is 0 Å². The van der Waals surface area contributed by atoms with Gasteiger partial charge in [0.1, 0.15) is 23.1 Å². The Bertz CT molecular complexity index is 1390. The third-order valence-electron chi connectivity index (χ3n) is 6.22. The molecule has 8 heteroatoms. The molecule has 1 fully saturated rings. The molecule has 0 N–H and O–H groups in total. The lowest BCUT2D eigenvalue weighted by Gasteiger charge is -2.40. The average Bonchev–Trinajstić information content (AvgIpc) is 2.95. The van der Waals surface area contributed by atoms with Gasteiger partial charge in [0, 0.05) is 25.7 Å². The van der Waals surface area contributed by atoms with Crippen LogP contribution in [0.4, 0.5) is 10.1 Å². The van der Waals surface area contributed by atoms with Gasteiger partial charge in [-0.3, -0.25) is 0 Å². The minimum atomic E-state index is -3.73. The maximum absolute atomic E-state index is 13.3. The molecule has 0 spiro atoms. The molecule has 1 unspecified atom stereocenters. The molecule has 6 nitrogen and oxygen atoms in total. The molecule has 34 heavy (non-hydrogen) atoms. The van der Waals surface area contributed by atoms with Crippen LogP contribution < -0.4 is 4.74 Å². The highest BCUT2D eigenvalue weighted by atomic mass is 32.2. The molecular weight excluding hydrogens is 453 g/mol. The predicted octanol–water partition coefficient (Wildman–Crippen LogP) is 5.02. The number of sulfonamides is 1. The number of aliphatic imine (C=N–C) groups is 1. The van der Waals surface area contributed by atoms with Gasteiger partial charge >= 0.3 is 0 Å². The van der Waals surface area contributed by atoms with Crippen LogP contribution in [0, 0.1) is 19.7 Å². The number of hydrogen-bond donors (Lipinski definition) is 0. The molecule has 3 aromatic rings. The number of amidine groups is 1. The molecule has 0 amide bonds. The van der Waals surface area contributed by atoms with E-state index in [0.717, 1.165) is 34.0 Å². The zero-order valence-corrected chi connectivity index (χ0v) is 20.1. The highest BCUT2D eigenvalue weighted by Gasteiger charge is 2.36. The Balaban J connectivity index is 1.49. The van der Waals surface area contributed by atoms with Crippen LogP contribution >= 0.6 is 0 Å². The van der Waals surface area contributed by atoms with Gasteiger partial charge in [-0.1, -0.05) is 17.7 Å². The van der Waals surface area contributed by atoms with E-state index in [1.165, 1.54) is 28.6 Å². The Labute approximate surface area is 199 Å². The maximum Gasteiger partial charge on any atom is 0.243 e. The minimum absolute atomic E-state index is 0.0969. The van der Waals surface area contributed by atoms with E-state index >= 15 is 0 Å². The minimum Gasteiger partial charge on any atom is -0.454 e. The van der Waals surface area contributed by atoms with E-state index in [2.05, 4.69) is 11.0 Å². The van der Waals surface area contributed by atoms with Gasteiger partial charge in [0.2, 0.25) is 10.0 Å². The molecule has 2 aliphatic heterocycles. The Morgan fingerprint density at radius 3 is 2.38 bits per heavy atom. The molecule has 1 saturated heterocycles. The molecule has 176 valence electrons. The summed E-state index contributed by atoms with van der Waals surface area (Å²) >= 11 is 0. The van der Waals surface area contributed by atoms with Gasteiger partial charge in [-0.25, -0.2) is 17.8 Å². The number of rotatable bonds is 2. The first-order valence-electron chi connectivity index (χ1n) is 11.2. The topological polar surface area (TPSA) is 62.2 Å². The lowest BCUT2D eigenvalue weighted by molar-refractivity contribution is 0.205. The van der Waals surface area contributed by atoms with E-state index in [9.17, 15) is 12.8 Å². The number of benzene rings is 3. The standard InChI is InChI=1S/C26H26FN3O3S/c1-17-5-11-24-22(14-17)26(28-23-10-4-18(2)15-25(23)33-24)29-12-13-30(19(3)16-29)34(31,32)21-8-6-20(27)7-9-21/h4-11,14-15,19H,12-13,16H2,1-3H3. The maximum atomic E-state index is 13.3. The van der Waals surface area contributed by atoms with Crippen molar-refractivity contribution >= 4 is 21.5 Å². The van der Waals surface area contributed by atoms with Crippen LogP contribution in [0.3, 0.4) is 0 Å². The van der Waals surface area contributed by atoms with E-state index in [4.69, 9.17) is 9.73 Å². The summed E-state index contributed by atoms with van der Waals surface area (Å²) in [4.78, 5) is 7.20. The van der Waals surface area contributed by atoms with Gasteiger partial charge in [-0.05, 0) is 74.9 Å². The Morgan fingerprint density at radius 2 is 1.65 bits per heavy atom. The lowest BCUT2D eigenvalue weighted by Crippen LogP contribution is -2.55. The summed E-state index contributed by atoms with van der Waals surface area (Å²) in [7, 11) is -3.73. The lowest BCUT2D eigenvalue weighted by atomic mass is 10.1. The van der Waals surface area contributed by atoms with Crippen LogP contribution in [0.2, 0.25) is 0 Å². The number of ether oxygens (including phenoxy) is 1. The van der Waals surface area contributed by atoms with E-state index in [-0.39, 0.29) is 10.9 Å². The van der Waals surface area contributed by atoms with Gasteiger partial charge in [-0.2, -0.15) is 4.31 Å². The van der Waals surface area contributed by atoms with Crippen molar-refractivity contribution < 1.29 is 17.5 Å². The van der Waals surface area contributed by atoms with Crippen molar-refractivity contribution in [2.45, 2.75) is 31.7 Å². The second-order valence-electron chi connectivity index (χ2n) is 8.87. The largest absolute Gasteiger partial charge is 0.454 e.